The Labute approximate surface area is 279 Å². The van der Waals surface area contributed by atoms with Gasteiger partial charge in [-0.05, 0) is 68.3 Å². The second kappa shape index (κ2) is 13.2. The molecule has 6 rings (SSSR count). The molecule has 0 fully saturated rings. The minimum absolute atomic E-state index is 0.186. The highest BCUT2D eigenvalue weighted by Crippen LogP contribution is 2.36. The Balaban J connectivity index is 1.51. The third-order valence-electron chi connectivity index (χ3n) is 7.76. The van der Waals surface area contributed by atoms with Crippen molar-refractivity contribution < 1.29 is 19.0 Å². The lowest BCUT2D eigenvalue weighted by Crippen LogP contribution is -2.40. The summed E-state index contributed by atoms with van der Waals surface area (Å²) < 4.78 is 21.0. The summed E-state index contributed by atoms with van der Waals surface area (Å²) in [5, 5.41) is 1.99. The van der Waals surface area contributed by atoms with Gasteiger partial charge in [0.25, 0.3) is 5.56 Å². The zero-order valence-corrected chi connectivity index (χ0v) is 28.0. The molecule has 1 aliphatic rings. The number of aromatic nitrogens is 2. The standard InChI is InChI=1S/C35H31Cl2N3O5S/c1-5-44-29-16-22(12-14-28(29)43-4)32-31(34(42)45-6-2)20(3)38-35-40(32)33(41)30(46-35)17-23-19-39(27-10-8-7-9-24(23)27)18-21-11-13-25(36)26(37)15-21/h7-17,19,32H,5-6,18H2,1-4H3/b30-17+/t32-/m1/s1. The number of nitrogens with zero attached hydrogens (tertiary/aromatic N) is 3. The number of para-hydroxylation sites is 1. The highest BCUT2D eigenvalue weighted by atomic mass is 35.5. The van der Waals surface area contributed by atoms with Crippen LogP contribution in [0.2, 0.25) is 10.0 Å². The summed E-state index contributed by atoms with van der Waals surface area (Å²) in [5.74, 6) is 0.535. The van der Waals surface area contributed by atoms with Gasteiger partial charge in [-0.15, -0.1) is 0 Å². The molecule has 2 aromatic heterocycles. The first-order valence-electron chi connectivity index (χ1n) is 14.8. The van der Waals surface area contributed by atoms with Crippen molar-refractivity contribution in [1.82, 2.24) is 9.13 Å². The number of thiazole rings is 1. The molecule has 0 amide bonds. The molecule has 11 heteroatoms. The molecule has 236 valence electrons. The van der Waals surface area contributed by atoms with Gasteiger partial charge in [-0.1, -0.05) is 64.9 Å². The van der Waals surface area contributed by atoms with Gasteiger partial charge in [0.15, 0.2) is 16.3 Å². The summed E-state index contributed by atoms with van der Waals surface area (Å²) >= 11 is 13.7. The molecule has 5 aromatic rings. The Kier molecular flexibility index (Phi) is 9.08. The average Bonchev–Trinajstić information content (AvgIpc) is 3.54. The molecule has 0 N–H and O–H groups in total. The number of benzene rings is 3. The van der Waals surface area contributed by atoms with Crippen LogP contribution >= 0.6 is 34.5 Å². The molecule has 0 unspecified atom stereocenters. The molecule has 0 aliphatic carbocycles. The smallest absolute Gasteiger partial charge is 0.338 e. The molecule has 3 heterocycles. The summed E-state index contributed by atoms with van der Waals surface area (Å²) in [6.07, 6.45) is 3.91. The van der Waals surface area contributed by atoms with Gasteiger partial charge in [0, 0.05) is 29.2 Å². The Morgan fingerprint density at radius 1 is 1.02 bits per heavy atom. The van der Waals surface area contributed by atoms with Gasteiger partial charge in [-0.3, -0.25) is 9.36 Å². The van der Waals surface area contributed by atoms with Crippen LogP contribution < -0.4 is 24.4 Å². The summed E-state index contributed by atoms with van der Waals surface area (Å²) in [5.41, 5.74) is 4.07. The zero-order valence-electron chi connectivity index (χ0n) is 25.7. The van der Waals surface area contributed by atoms with E-state index < -0.39 is 12.0 Å². The number of esters is 1. The second-order valence-corrected chi connectivity index (χ2v) is 12.4. The third kappa shape index (κ3) is 5.86. The summed E-state index contributed by atoms with van der Waals surface area (Å²) in [7, 11) is 1.57. The van der Waals surface area contributed by atoms with E-state index in [4.69, 9.17) is 42.4 Å². The normalized spacial score (nSPS) is 14.7. The van der Waals surface area contributed by atoms with E-state index in [1.807, 2.05) is 61.7 Å². The van der Waals surface area contributed by atoms with Crippen LogP contribution in [0.3, 0.4) is 0 Å². The first-order valence-corrected chi connectivity index (χ1v) is 16.3. The number of fused-ring (bicyclic) bond motifs is 2. The number of ether oxygens (including phenoxy) is 3. The van der Waals surface area contributed by atoms with Gasteiger partial charge in [-0.25, -0.2) is 9.79 Å². The Morgan fingerprint density at radius 3 is 2.57 bits per heavy atom. The molecule has 0 saturated carbocycles. The molecule has 8 nitrogen and oxygen atoms in total. The minimum Gasteiger partial charge on any atom is -0.493 e. The maximum atomic E-state index is 14.3. The quantitative estimate of drug-likeness (QED) is 0.166. The van der Waals surface area contributed by atoms with E-state index in [1.165, 1.54) is 11.3 Å². The first kappa shape index (κ1) is 31.7. The van der Waals surface area contributed by atoms with Crippen molar-refractivity contribution in [3.8, 4) is 11.5 Å². The van der Waals surface area contributed by atoms with E-state index in [1.54, 1.807) is 43.7 Å². The van der Waals surface area contributed by atoms with Crippen LogP contribution in [0.4, 0.5) is 0 Å². The van der Waals surface area contributed by atoms with Gasteiger partial charge in [0.1, 0.15) is 0 Å². The molecule has 0 bridgehead atoms. The molecule has 0 spiro atoms. The summed E-state index contributed by atoms with van der Waals surface area (Å²) in [4.78, 5) is 32.8. The largest absolute Gasteiger partial charge is 0.493 e. The lowest BCUT2D eigenvalue weighted by molar-refractivity contribution is -0.139. The van der Waals surface area contributed by atoms with E-state index in [-0.39, 0.29) is 12.2 Å². The fraction of sp³-hybridized carbons (Fsp3) is 0.229. The van der Waals surface area contributed by atoms with Gasteiger partial charge >= 0.3 is 5.97 Å². The zero-order chi connectivity index (χ0) is 32.5. The fourth-order valence-corrected chi connectivity index (χ4v) is 7.09. The molecule has 46 heavy (non-hydrogen) atoms. The SMILES string of the molecule is CCOC(=O)C1=C(C)N=c2s/c(=C/c3cn(Cc4ccc(Cl)c(Cl)c4)c4ccccc34)c(=O)n2[C@@H]1c1ccc(OC)c(OCC)c1. The van der Waals surface area contributed by atoms with Gasteiger partial charge in [0.2, 0.25) is 0 Å². The van der Waals surface area contributed by atoms with E-state index in [2.05, 4.69) is 4.57 Å². The minimum atomic E-state index is -0.779. The summed E-state index contributed by atoms with van der Waals surface area (Å²) in [6, 6.07) is 18.2. The van der Waals surface area contributed by atoms with Gasteiger partial charge in [0.05, 0.1) is 52.2 Å². The van der Waals surface area contributed by atoms with E-state index in [0.717, 1.165) is 22.0 Å². The first-order chi connectivity index (χ1) is 22.2. The Bertz CT molecular complexity index is 2200. The molecular weight excluding hydrogens is 645 g/mol. The number of rotatable bonds is 9. The van der Waals surface area contributed by atoms with Crippen molar-refractivity contribution in [2.45, 2.75) is 33.4 Å². The molecule has 1 atom stereocenters. The average molecular weight is 677 g/mol. The third-order valence-corrected chi connectivity index (χ3v) is 9.49. The monoisotopic (exact) mass is 675 g/mol. The topological polar surface area (TPSA) is 84.1 Å². The van der Waals surface area contributed by atoms with Crippen molar-refractivity contribution in [3.63, 3.8) is 0 Å². The highest BCUT2D eigenvalue weighted by Gasteiger charge is 2.34. The number of halogens is 2. The summed E-state index contributed by atoms with van der Waals surface area (Å²) in [6.45, 7) is 6.56. The van der Waals surface area contributed by atoms with Crippen LogP contribution in [-0.2, 0) is 16.1 Å². The predicted molar refractivity (Wildman–Crippen MR) is 182 cm³/mol. The number of hydrogen-bond acceptors (Lipinski definition) is 7. The van der Waals surface area contributed by atoms with Crippen LogP contribution in [0.15, 0.2) is 87.9 Å². The van der Waals surface area contributed by atoms with Gasteiger partial charge in [-0.2, -0.15) is 0 Å². The lowest BCUT2D eigenvalue weighted by Gasteiger charge is -2.25. The van der Waals surface area contributed by atoms with Crippen molar-refractivity contribution in [3.05, 3.63) is 125 Å². The van der Waals surface area contributed by atoms with Crippen LogP contribution in [0, 0.1) is 0 Å². The van der Waals surface area contributed by atoms with Crippen LogP contribution in [0.25, 0.3) is 17.0 Å². The van der Waals surface area contributed by atoms with Crippen LogP contribution in [0.5, 0.6) is 11.5 Å². The number of methoxy groups -OCH3 is 1. The van der Waals surface area contributed by atoms with E-state index in [0.29, 0.717) is 60.9 Å². The van der Waals surface area contributed by atoms with Crippen molar-refractivity contribution in [1.29, 1.82) is 0 Å². The van der Waals surface area contributed by atoms with E-state index in [9.17, 15) is 9.59 Å². The Hall–Kier alpha value is -4.31. The van der Waals surface area contributed by atoms with Crippen LogP contribution in [0.1, 0.15) is 43.5 Å². The van der Waals surface area contributed by atoms with Gasteiger partial charge < -0.3 is 18.8 Å². The fourth-order valence-electron chi connectivity index (χ4n) is 5.74. The lowest BCUT2D eigenvalue weighted by atomic mass is 9.95. The maximum absolute atomic E-state index is 14.3. The van der Waals surface area contributed by atoms with Crippen molar-refractivity contribution >= 4 is 57.5 Å². The Morgan fingerprint density at radius 2 is 1.83 bits per heavy atom. The van der Waals surface area contributed by atoms with Crippen molar-refractivity contribution in [2.24, 2.45) is 4.99 Å². The van der Waals surface area contributed by atoms with E-state index >= 15 is 0 Å². The molecular formula is C35H31Cl2N3O5S. The van der Waals surface area contributed by atoms with Crippen molar-refractivity contribution in [2.75, 3.05) is 20.3 Å². The predicted octanol–water partition coefficient (Wildman–Crippen LogP) is 6.52. The van der Waals surface area contributed by atoms with Crippen LogP contribution in [-0.4, -0.2) is 35.4 Å². The number of allylic oxidation sites excluding steroid dienone is 1. The molecule has 0 saturated heterocycles. The highest BCUT2D eigenvalue weighted by molar-refractivity contribution is 7.07. The maximum Gasteiger partial charge on any atom is 0.338 e. The number of carbonyl (C=O) groups excluding carboxylic acids is 1. The second-order valence-electron chi connectivity index (χ2n) is 10.6. The molecule has 0 radical (unpaired) electrons. The number of hydrogen-bond donors (Lipinski definition) is 0. The molecule has 1 aliphatic heterocycles. The number of carbonyl (C=O) groups is 1. The molecule has 3 aromatic carbocycles.